The van der Waals surface area contributed by atoms with Crippen LogP contribution in [0.15, 0.2) is 85.1 Å². The van der Waals surface area contributed by atoms with Gasteiger partial charge in [0, 0.05) is 35.2 Å². The number of nitrogens with zero attached hydrogens (tertiary/aromatic N) is 1. The molecule has 36 heavy (non-hydrogen) atoms. The second-order valence-electron chi connectivity index (χ2n) is 8.71. The van der Waals surface area contributed by atoms with Crippen LogP contribution in [0.2, 0.25) is 0 Å². The van der Waals surface area contributed by atoms with E-state index in [4.69, 9.17) is 0 Å². The van der Waals surface area contributed by atoms with Gasteiger partial charge in [0.1, 0.15) is 0 Å². The zero-order chi connectivity index (χ0) is 25.5. The Morgan fingerprint density at radius 2 is 1.67 bits per heavy atom. The number of imide groups is 1. The number of nitrogens with one attached hydrogen (secondary N) is 2. The van der Waals surface area contributed by atoms with Crippen LogP contribution in [0.4, 0.5) is 4.79 Å². The Bertz CT molecular complexity index is 1360. The lowest BCUT2D eigenvalue weighted by Crippen LogP contribution is -2.49. The summed E-state index contributed by atoms with van der Waals surface area (Å²) in [5, 5.41) is 13.2. The van der Waals surface area contributed by atoms with Gasteiger partial charge in [-0.15, -0.1) is 0 Å². The van der Waals surface area contributed by atoms with Gasteiger partial charge in [-0.05, 0) is 47.7 Å². The number of hydrogen-bond acceptors (Lipinski definition) is 3. The Balaban J connectivity index is 1.55. The van der Waals surface area contributed by atoms with Gasteiger partial charge in [0.15, 0.2) is 0 Å². The van der Waals surface area contributed by atoms with E-state index in [1.54, 1.807) is 18.2 Å². The van der Waals surface area contributed by atoms with Crippen LogP contribution < -0.4 is 5.32 Å². The van der Waals surface area contributed by atoms with Gasteiger partial charge in [-0.3, -0.25) is 14.5 Å². The second-order valence-corrected chi connectivity index (χ2v) is 8.71. The molecule has 1 atom stereocenters. The Morgan fingerprint density at radius 1 is 0.944 bits per heavy atom. The van der Waals surface area contributed by atoms with E-state index < -0.39 is 23.9 Å². The number of urea groups is 1. The van der Waals surface area contributed by atoms with Crippen molar-refractivity contribution in [2.24, 2.45) is 0 Å². The maximum atomic E-state index is 13.4. The predicted octanol–water partition coefficient (Wildman–Crippen LogP) is 5.48. The van der Waals surface area contributed by atoms with Crippen LogP contribution in [-0.2, 0) is 11.2 Å². The lowest BCUT2D eigenvalue weighted by Gasteiger charge is -2.25. The van der Waals surface area contributed by atoms with E-state index in [-0.39, 0.29) is 13.0 Å². The minimum absolute atomic E-state index is 0.215. The number of carboxylic acid groups (broad SMARTS) is 1. The molecule has 0 saturated carbocycles. The highest BCUT2D eigenvalue weighted by Crippen LogP contribution is 2.22. The van der Waals surface area contributed by atoms with Crippen molar-refractivity contribution in [2.75, 3.05) is 6.54 Å². The Kier molecular flexibility index (Phi) is 7.80. The number of benzene rings is 3. The van der Waals surface area contributed by atoms with E-state index in [0.29, 0.717) is 18.4 Å². The van der Waals surface area contributed by atoms with Gasteiger partial charge < -0.3 is 15.4 Å². The fraction of sp³-hybridized carbons (Fsp3) is 0.207. The largest absolute Gasteiger partial charge is 0.481 e. The van der Waals surface area contributed by atoms with Crippen molar-refractivity contribution >= 4 is 28.8 Å². The Labute approximate surface area is 209 Å². The van der Waals surface area contributed by atoms with Crippen LogP contribution in [0.25, 0.3) is 22.0 Å². The van der Waals surface area contributed by atoms with Crippen LogP contribution in [0.5, 0.6) is 0 Å². The third-order valence-corrected chi connectivity index (χ3v) is 6.04. The number of aromatic nitrogens is 1. The van der Waals surface area contributed by atoms with E-state index in [0.717, 1.165) is 32.5 Å². The Hall–Kier alpha value is -4.39. The van der Waals surface area contributed by atoms with Crippen LogP contribution in [0.1, 0.15) is 35.7 Å². The number of rotatable bonds is 9. The third kappa shape index (κ3) is 5.81. The molecule has 3 N–H and O–H groups in total. The summed E-state index contributed by atoms with van der Waals surface area (Å²) in [6.45, 7) is 2.10. The van der Waals surface area contributed by atoms with Gasteiger partial charge in [0.25, 0.3) is 5.91 Å². The van der Waals surface area contributed by atoms with Crippen molar-refractivity contribution < 1.29 is 19.5 Å². The van der Waals surface area contributed by atoms with E-state index in [9.17, 15) is 19.5 Å². The number of carbonyl (C=O) groups excluding carboxylic acids is 2. The molecule has 0 aliphatic rings. The molecule has 3 amide bonds. The molecule has 7 nitrogen and oxygen atoms in total. The molecule has 0 radical (unpaired) electrons. The van der Waals surface area contributed by atoms with E-state index in [1.165, 1.54) is 0 Å². The zero-order valence-corrected chi connectivity index (χ0v) is 20.1. The molecule has 0 bridgehead atoms. The summed E-state index contributed by atoms with van der Waals surface area (Å²) in [6.07, 6.45) is 2.46. The first-order chi connectivity index (χ1) is 17.5. The molecule has 0 saturated heterocycles. The number of aliphatic carboxylic acids is 1. The van der Waals surface area contributed by atoms with Crippen molar-refractivity contribution in [2.45, 2.75) is 32.2 Å². The SMILES string of the molecule is CCCN(C(=O)N[C@H](CC(=O)O)Cc1c[nH]c2ccccc12)C(=O)c1cccc(-c2ccccc2)c1. The molecule has 0 aliphatic heterocycles. The standard InChI is InChI=1S/C29H29N3O4/c1-2-15-32(28(35)22-12-8-11-21(16-22)20-9-4-3-5-10-20)29(36)31-24(18-27(33)34)17-23-19-30-26-14-7-6-13-25(23)26/h3-14,16,19,24,30H,2,15,17-18H2,1H3,(H,31,36)(H,33,34)/t24-/m0/s1. The minimum Gasteiger partial charge on any atom is -0.481 e. The fourth-order valence-corrected chi connectivity index (χ4v) is 4.34. The molecule has 1 heterocycles. The molecule has 4 aromatic rings. The van der Waals surface area contributed by atoms with Crippen molar-refractivity contribution in [1.29, 1.82) is 0 Å². The van der Waals surface area contributed by atoms with Gasteiger partial charge in [0.05, 0.1) is 6.42 Å². The number of amides is 3. The topological polar surface area (TPSA) is 102 Å². The van der Waals surface area contributed by atoms with Gasteiger partial charge >= 0.3 is 12.0 Å². The highest BCUT2D eigenvalue weighted by Gasteiger charge is 2.26. The summed E-state index contributed by atoms with van der Waals surface area (Å²) in [5.74, 6) is -1.45. The summed E-state index contributed by atoms with van der Waals surface area (Å²) in [5.41, 5.74) is 4.08. The zero-order valence-electron chi connectivity index (χ0n) is 20.1. The maximum absolute atomic E-state index is 13.4. The number of carboxylic acids is 1. The molecule has 0 fully saturated rings. The lowest BCUT2D eigenvalue weighted by atomic mass is 10.0. The summed E-state index contributed by atoms with van der Waals surface area (Å²) >= 11 is 0. The highest BCUT2D eigenvalue weighted by atomic mass is 16.4. The molecule has 4 rings (SSSR count). The maximum Gasteiger partial charge on any atom is 0.324 e. The average molecular weight is 484 g/mol. The summed E-state index contributed by atoms with van der Waals surface area (Å²) in [4.78, 5) is 42.6. The quantitative estimate of drug-likeness (QED) is 0.293. The smallest absolute Gasteiger partial charge is 0.324 e. The molecule has 7 heteroatoms. The number of carbonyl (C=O) groups is 3. The van der Waals surface area contributed by atoms with Gasteiger partial charge in [-0.1, -0.05) is 67.6 Å². The Morgan fingerprint density at radius 3 is 2.42 bits per heavy atom. The first-order valence-corrected chi connectivity index (χ1v) is 12.0. The average Bonchev–Trinajstić information content (AvgIpc) is 3.29. The van der Waals surface area contributed by atoms with E-state index >= 15 is 0 Å². The molecule has 3 aromatic carbocycles. The van der Waals surface area contributed by atoms with Crippen LogP contribution in [0.3, 0.4) is 0 Å². The van der Waals surface area contributed by atoms with Gasteiger partial charge in [-0.2, -0.15) is 0 Å². The molecular weight excluding hydrogens is 454 g/mol. The van der Waals surface area contributed by atoms with E-state index in [1.807, 2.05) is 73.8 Å². The van der Waals surface area contributed by atoms with Crippen molar-refractivity contribution in [1.82, 2.24) is 15.2 Å². The van der Waals surface area contributed by atoms with Gasteiger partial charge in [-0.25, -0.2) is 4.79 Å². The number of fused-ring (bicyclic) bond motifs is 1. The van der Waals surface area contributed by atoms with Crippen molar-refractivity contribution in [3.8, 4) is 11.1 Å². The number of hydrogen-bond donors (Lipinski definition) is 3. The first-order valence-electron chi connectivity index (χ1n) is 12.0. The van der Waals surface area contributed by atoms with Crippen molar-refractivity contribution in [3.05, 3.63) is 96.2 Å². The molecule has 0 unspecified atom stereocenters. The lowest BCUT2D eigenvalue weighted by molar-refractivity contribution is -0.137. The molecule has 0 aliphatic carbocycles. The summed E-state index contributed by atoms with van der Waals surface area (Å²) in [7, 11) is 0. The predicted molar refractivity (Wildman–Crippen MR) is 140 cm³/mol. The normalized spacial score (nSPS) is 11.7. The van der Waals surface area contributed by atoms with Crippen LogP contribution in [-0.4, -0.2) is 45.5 Å². The summed E-state index contributed by atoms with van der Waals surface area (Å²) in [6, 6.07) is 23.3. The fourth-order valence-electron chi connectivity index (χ4n) is 4.34. The van der Waals surface area contributed by atoms with Crippen molar-refractivity contribution in [3.63, 3.8) is 0 Å². The second kappa shape index (κ2) is 11.4. The molecule has 0 spiro atoms. The van der Waals surface area contributed by atoms with Crippen LogP contribution in [0, 0.1) is 0 Å². The number of aromatic amines is 1. The molecule has 1 aromatic heterocycles. The number of para-hydroxylation sites is 1. The molecular formula is C29H29N3O4. The first kappa shape index (κ1) is 24.7. The summed E-state index contributed by atoms with van der Waals surface area (Å²) < 4.78 is 0. The number of H-pyrrole nitrogens is 1. The monoisotopic (exact) mass is 483 g/mol. The molecule has 184 valence electrons. The minimum atomic E-state index is -1.02. The van der Waals surface area contributed by atoms with Crippen LogP contribution >= 0.6 is 0 Å². The van der Waals surface area contributed by atoms with Gasteiger partial charge in [0.2, 0.25) is 0 Å². The third-order valence-electron chi connectivity index (χ3n) is 6.04. The van der Waals surface area contributed by atoms with E-state index in [2.05, 4.69) is 10.3 Å². The highest BCUT2D eigenvalue weighted by molar-refractivity contribution is 6.05.